The van der Waals surface area contributed by atoms with E-state index < -0.39 is 0 Å². The Balaban J connectivity index is 1.76. The minimum atomic E-state index is 0.254. The summed E-state index contributed by atoms with van der Waals surface area (Å²) < 4.78 is 5.34. The molecule has 0 saturated heterocycles. The van der Waals surface area contributed by atoms with Gasteiger partial charge in [-0.05, 0) is 37.9 Å². The summed E-state index contributed by atoms with van der Waals surface area (Å²) in [6, 6.07) is 4.73. The number of furan rings is 1. The zero-order valence-corrected chi connectivity index (χ0v) is 11.9. The Bertz CT molecular complexity index is 383. The molecule has 1 aliphatic carbocycles. The Morgan fingerprint density at radius 1 is 1.53 bits per heavy atom. The van der Waals surface area contributed by atoms with Gasteiger partial charge in [0.15, 0.2) is 0 Å². The van der Waals surface area contributed by atoms with Crippen LogP contribution in [0.2, 0.25) is 0 Å². The topological polar surface area (TPSA) is 45.5 Å². The molecule has 2 rings (SSSR count). The first-order valence-electron chi connectivity index (χ1n) is 7.22. The van der Waals surface area contributed by atoms with Gasteiger partial charge >= 0.3 is 0 Å². The van der Waals surface area contributed by atoms with E-state index >= 15 is 0 Å². The number of hydrogen-bond acceptors (Lipinski definition) is 3. The summed E-state index contributed by atoms with van der Waals surface area (Å²) in [5.41, 5.74) is 0. The maximum atomic E-state index is 12.3. The van der Waals surface area contributed by atoms with Crippen LogP contribution in [0.4, 0.5) is 0 Å². The standard InChI is InChI=1S/C15H24N2O2/c1-12(2)16-9-3-6-15(18)17(13-7-8-13)11-14-5-4-10-19-14/h4-5,10,12-13,16H,3,6-9,11H2,1-2H3. The second-order valence-electron chi connectivity index (χ2n) is 5.54. The molecule has 0 aromatic carbocycles. The van der Waals surface area contributed by atoms with Crippen LogP contribution in [0.25, 0.3) is 0 Å². The minimum absolute atomic E-state index is 0.254. The molecular weight excluding hydrogens is 240 g/mol. The molecule has 1 aliphatic rings. The molecule has 0 bridgehead atoms. The van der Waals surface area contributed by atoms with E-state index in [0.29, 0.717) is 25.0 Å². The molecule has 0 atom stereocenters. The van der Waals surface area contributed by atoms with Crippen molar-refractivity contribution < 1.29 is 9.21 Å². The van der Waals surface area contributed by atoms with E-state index in [1.165, 1.54) is 0 Å². The van der Waals surface area contributed by atoms with Crippen molar-refractivity contribution in [2.45, 2.75) is 58.2 Å². The van der Waals surface area contributed by atoms with Gasteiger partial charge in [0.2, 0.25) is 5.91 Å². The van der Waals surface area contributed by atoms with Crippen LogP contribution in [0.5, 0.6) is 0 Å². The van der Waals surface area contributed by atoms with Crippen molar-refractivity contribution in [1.82, 2.24) is 10.2 Å². The lowest BCUT2D eigenvalue weighted by molar-refractivity contribution is -0.132. The predicted octanol–water partition coefficient (Wildman–Crippen LogP) is 2.55. The van der Waals surface area contributed by atoms with Gasteiger partial charge in [-0.1, -0.05) is 13.8 Å². The fourth-order valence-electron chi connectivity index (χ4n) is 2.15. The molecule has 4 nitrogen and oxygen atoms in total. The highest BCUT2D eigenvalue weighted by atomic mass is 16.3. The van der Waals surface area contributed by atoms with Gasteiger partial charge in [0.05, 0.1) is 12.8 Å². The minimum Gasteiger partial charge on any atom is -0.467 e. The summed E-state index contributed by atoms with van der Waals surface area (Å²) in [6.07, 6.45) is 5.46. The van der Waals surface area contributed by atoms with Crippen molar-refractivity contribution in [2.24, 2.45) is 0 Å². The molecule has 0 spiro atoms. The normalized spacial score (nSPS) is 14.9. The molecule has 0 radical (unpaired) electrons. The van der Waals surface area contributed by atoms with Crippen LogP contribution in [-0.4, -0.2) is 29.4 Å². The van der Waals surface area contributed by atoms with Crippen LogP contribution in [0.1, 0.15) is 45.3 Å². The quantitative estimate of drug-likeness (QED) is 0.734. The summed E-state index contributed by atoms with van der Waals surface area (Å²) in [4.78, 5) is 14.2. The lowest BCUT2D eigenvalue weighted by Crippen LogP contribution is -2.33. The summed E-state index contributed by atoms with van der Waals surface area (Å²) >= 11 is 0. The molecule has 4 heteroatoms. The van der Waals surface area contributed by atoms with Gasteiger partial charge in [-0.25, -0.2) is 0 Å². The highest BCUT2D eigenvalue weighted by molar-refractivity contribution is 5.76. The molecule has 1 aromatic rings. The summed E-state index contributed by atoms with van der Waals surface area (Å²) in [7, 11) is 0. The third kappa shape index (κ3) is 4.71. The van der Waals surface area contributed by atoms with E-state index in [2.05, 4.69) is 19.2 Å². The molecular formula is C15H24N2O2. The van der Waals surface area contributed by atoms with Crippen molar-refractivity contribution >= 4 is 5.91 Å². The van der Waals surface area contributed by atoms with Crippen molar-refractivity contribution in [3.63, 3.8) is 0 Å². The number of carbonyl (C=O) groups is 1. The Hall–Kier alpha value is -1.29. The van der Waals surface area contributed by atoms with E-state index in [9.17, 15) is 4.79 Å². The maximum absolute atomic E-state index is 12.3. The van der Waals surface area contributed by atoms with Crippen LogP contribution in [0, 0.1) is 0 Å². The Kier molecular flexibility index (Phi) is 5.02. The number of nitrogens with zero attached hydrogens (tertiary/aromatic N) is 1. The summed E-state index contributed by atoms with van der Waals surface area (Å²) in [6.45, 7) is 5.77. The van der Waals surface area contributed by atoms with Crippen LogP contribution in [0.15, 0.2) is 22.8 Å². The van der Waals surface area contributed by atoms with Crippen LogP contribution in [0.3, 0.4) is 0 Å². The average molecular weight is 264 g/mol. The van der Waals surface area contributed by atoms with E-state index in [0.717, 1.165) is 31.6 Å². The summed E-state index contributed by atoms with van der Waals surface area (Å²) in [5, 5.41) is 3.34. The fraction of sp³-hybridized carbons (Fsp3) is 0.667. The third-order valence-corrected chi connectivity index (χ3v) is 3.33. The zero-order chi connectivity index (χ0) is 13.7. The van der Waals surface area contributed by atoms with Gasteiger partial charge in [0.1, 0.15) is 5.76 Å². The molecule has 1 N–H and O–H groups in total. The Morgan fingerprint density at radius 2 is 2.32 bits per heavy atom. The van der Waals surface area contributed by atoms with Crippen LogP contribution < -0.4 is 5.32 Å². The third-order valence-electron chi connectivity index (χ3n) is 3.33. The smallest absolute Gasteiger partial charge is 0.223 e. The van der Waals surface area contributed by atoms with Crippen molar-refractivity contribution in [3.8, 4) is 0 Å². The Morgan fingerprint density at radius 3 is 2.89 bits per heavy atom. The van der Waals surface area contributed by atoms with Gasteiger partial charge in [0, 0.05) is 18.5 Å². The van der Waals surface area contributed by atoms with Gasteiger partial charge in [-0.3, -0.25) is 4.79 Å². The predicted molar refractivity (Wildman–Crippen MR) is 74.7 cm³/mol. The average Bonchev–Trinajstić information content (AvgIpc) is 3.08. The first-order chi connectivity index (χ1) is 9.16. The van der Waals surface area contributed by atoms with E-state index in [1.807, 2.05) is 17.0 Å². The number of carbonyl (C=O) groups excluding carboxylic acids is 1. The van der Waals surface area contributed by atoms with Crippen LogP contribution >= 0.6 is 0 Å². The largest absolute Gasteiger partial charge is 0.467 e. The van der Waals surface area contributed by atoms with Crippen LogP contribution in [-0.2, 0) is 11.3 Å². The van der Waals surface area contributed by atoms with Crippen molar-refractivity contribution in [3.05, 3.63) is 24.2 Å². The first kappa shape index (κ1) is 14.1. The second kappa shape index (κ2) is 6.75. The van der Waals surface area contributed by atoms with E-state index in [-0.39, 0.29) is 5.91 Å². The molecule has 106 valence electrons. The molecule has 1 heterocycles. The Labute approximate surface area is 115 Å². The number of nitrogens with one attached hydrogen (secondary N) is 1. The maximum Gasteiger partial charge on any atom is 0.223 e. The van der Waals surface area contributed by atoms with Gasteiger partial charge in [0.25, 0.3) is 0 Å². The zero-order valence-electron chi connectivity index (χ0n) is 11.9. The lowest BCUT2D eigenvalue weighted by atomic mass is 10.2. The fourth-order valence-corrected chi connectivity index (χ4v) is 2.15. The van der Waals surface area contributed by atoms with E-state index in [4.69, 9.17) is 4.42 Å². The lowest BCUT2D eigenvalue weighted by Gasteiger charge is -2.21. The van der Waals surface area contributed by atoms with E-state index in [1.54, 1.807) is 6.26 Å². The molecule has 0 aliphatic heterocycles. The summed E-state index contributed by atoms with van der Waals surface area (Å²) in [5.74, 6) is 1.13. The number of hydrogen-bond donors (Lipinski definition) is 1. The SMILES string of the molecule is CC(C)NCCCC(=O)N(Cc1ccco1)C1CC1. The van der Waals surface area contributed by atoms with Crippen molar-refractivity contribution in [2.75, 3.05) is 6.54 Å². The molecule has 19 heavy (non-hydrogen) atoms. The first-order valence-corrected chi connectivity index (χ1v) is 7.22. The highest BCUT2D eigenvalue weighted by Crippen LogP contribution is 2.29. The number of rotatable bonds is 8. The van der Waals surface area contributed by atoms with Gasteiger partial charge < -0.3 is 14.6 Å². The molecule has 0 unspecified atom stereocenters. The molecule has 1 saturated carbocycles. The van der Waals surface area contributed by atoms with Gasteiger partial charge in [-0.2, -0.15) is 0 Å². The molecule has 1 aromatic heterocycles. The number of amides is 1. The second-order valence-corrected chi connectivity index (χ2v) is 5.54. The molecule has 1 amide bonds. The van der Waals surface area contributed by atoms with Crippen molar-refractivity contribution in [1.29, 1.82) is 0 Å². The monoisotopic (exact) mass is 264 g/mol. The van der Waals surface area contributed by atoms with Gasteiger partial charge in [-0.15, -0.1) is 0 Å². The highest BCUT2D eigenvalue weighted by Gasteiger charge is 2.32. The molecule has 1 fully saturated rings.